The molecule has 2 aromatic carbocycles. The summed E-state index contributed by atoms with van der Waals surface area (Å²) in [5.74, 6) is 0.791. The van der Waals surface area contributed by atoms with Crippen molar-refractivity contribution in [2.75, 3.05) is 4.90 Å². The molecule has 4 nitrogen and oxygen atoms in total. The van der Waals surface area contributed by atoms with Crippen molar-refractivity contribution < 1.29 is 8.81 Å². The number of furan rings is 1. The molecule has 3 heterocycles. The number of aromatic nitrogens is 1. The van der Waals surface area contributed by atoms with E-state index >= 15 is 0 Å². The van der Waals surface area contributed by atoms with Gasteiger partial charge in [0.25, 0.3) is 0 Å². The second kappa shape index (κ2) is 8.72. The van der Waals surface area contributed by atoms with Gasteiger partial charge in [0.1, 0.15) is 23.4 Å². The lowest BCUT2D eigenvalue weighted by Gasteiger charge is -2.26. The van der Waals surface area contributed by atoms with Gasteiger partial charge in [0.2, 0.25) is 0 Å². The number of nitrogens with zero attached hydrogens (tertiary/aromatic N) is 2. The predicted octanol–water partition coefficient (Wildman–Crippen LogP) is 7.04. The van der Waals surface area contributed by atoms with Crippen molar-refractivity contribution in [3.8, 4) is 11.3 Å². The molecule has 0 bridgehead atoms. The summed E-state index contributed by atoms with van der Waals surface area (Å²) >= 11 is 9.07. The van der Waals surface area contributed by atoms with Crippen molar-refractivity contribution in [3.63, 3.8) is 0 Å². The molecule has 0 unspecified atom stereocenters. The average molecular weight is 522 g/mol. The number of halogens is 2. The minimum absolute atomic E-state index is 0.228. The first-order valence-corrected chi connectivity index (χ1v) is 11.8. The molecule has 1 aliphatic rings. The van der Waals surface area contributed by atoms with Crippen LogP contribution in [-0.4, -0.2) is 10.1 Å². The molecule has 2 aromatic heterocycles. The molecule has 7 heteroatoms. The van der Waals surface area contributed by atoms with Gasteiger partial charge in [-0.3, -0.25) is 4.98 Å². The van der Waals surface area contributed by atoms with E-state index in [4.69, 9.17) is 16.6 Å². The van der Waals surface area contributed by atoms with Crippen molar-refractivity contribution in [2.45, 2.75) is 25.9 Å². The Labute approximate surface area is 205 Å². The van der Waals surface area contributed by atoms with E-state index in [1.165, 1.54) is 17.2 Å². The monoisotopic (exact) mass is 521 g/mol. The molecular formula is C26H21BrFN3OS. The van der Waals surface area contributed by atoms with Gasteiger partial charge in [0, 0.05) is 16.4 Å². The molecule has 0 aliphatic carbocycles. The number of hydrogen-bond acceptors (Lipinski definition) is 3. The topological polar surface area (TPSA) is 41.3 Å². The summed E-state index contributed by atoms with van der Waals surface area (Å²) in [6.45, 7) is 4.16. The minimum atomic E-state index is -0.349. The third-order valence-corrected chi connectivity index (χ3v) is 6.79. The van der Waals surface area contributed by atoms with E-state index in [0.29, 0.717) is 26.7 Å². The molecule has 2 atom stereocenters. The molecule has 0 spiro atoms. The van der Waals surface area contributed by atoms with Crippen molar-refractivity contribution in [3.05, 3.63) is 106 Å². The first-order chi connectivity index (χ1) is 15.9. The van der Waals surface area contributed by atoms with Crippen molar-refractivity contribution in [1.29, 1.82) is 0 Å². The van der Waals surface area contributed by atoms with Crippen molar-refractivity contribution in [1.82, 2.24) is 10.3 Å². The molecule has 0 radical (unpaired) electrons. The van der Waals surface area contributed by atoms with E-state index in [-0.39, 0.29) is 17.9 Å². The standard InChI is InChI=1S/C26H21BrFN3OS/c1-15-6-8-18(13-16(15)2)31-25(24(30-26(31)33)21-5-3-4-12-29-21)23-11-10-22(32-23)19-9-7-17(27)14-20(19)28/h3-14,24-25H,1-2H3,(H,30,33)/t24-,25+/m1/s1. The number of hydrogen-bond donors (Lipinski definition) is 1. The van der Waals surface area contributed by atoms with Crippen LogP contribution in [0.25, 0.3) is 11.3 Å². The lowest BCUT2D eigenvalue weighted by atomic mass is 10.0. The third kappa shape index (κ3) is 4.07. The van der Waals surface area contributed by atoms with Gasteiger partial charge in [-0.15, -0.1) is 0 Å². The van der Waals surface area contributed by atoms with E-state index < -0.39 is 0 Å². The maximum Gasteiger partial charge on any atom is 0.174 e. The fourth-order valence-electron chi connectivity index (χ4n) is 4.14. The van der Waals surface area contributed by atoms with Gasteiger partial charge in [-0.05, 0) is 91.8 Å². The highest BCUT2D eigenvalue weighted by Crippen LogP contribution is 2.43. The van der Waals surface area contributed by atoms with E-state index in [9.17, 15) is 4.39 Å². The van der Waals surface area contributed by atoms with E-state index in [1.807, 2.05) is 24.3 Å². The highest BCUT2D eigenvalue weighted by molar-refractivity contribution is 9.10. The summed E-state index contributed by atoms with van der Waals surface area (Å²) in [6.07, 6.45) is 1.76. The second-order valence-electron chi connectivity index (χ2n) is 8.09. The van der Waals surface area contributed by atoms with Crippen LogP contribution in [0.2, 0.25) is 0 Å². The Hall–Kier alpha value is -3.03. The molecular weight excluding hydrogens is 501 g/mol. The van der Waals surface area contributed by atoms with Gasteiger partial charge >= 0.3 is 0 Å². The van der Waals surface area contributed by atoms with Crippen LogP contribution in [0.3, 0.4) is 0 Å². The van der Waals surface area contributed by atoms with Crippen LogP contribution < -0.4 is 10.2 Å². The second-order valence-corrected chi connectivity index (χ2v) is 9.39. The number of aryl methyl sites for hydroxylation is 2. The van der Waals surface area contributed by atoms with Crippen LogP contribution >= 0.6 is 28.1 Å². The molecule has 1 fully saturated rings. The smallest absolute Gasteiger partial charge is 0.174 e. The highest BCUT2D eigenvalue weighted by atomic mass is 79.9. The van der Waals surface area contributed by atoms with Crippen LogP contribution in [0.5, 0.6) is 0 Å². The Kier molecular flexibility index (Phi) is 5.76. The molecule has 166 valence electrons. The summed E-state index contributed by atoms with van der Waals surface area (Å²) in [7, 11) is 0. The van der Waals surface area contributed by atoms with Crippen LogP contribution in [0, 0.1) is 19.7 Å². The minimum Gasteiger partial charge on any atom is -0.459 e. The molecule has 1 N–H and O–H groups in total. The van der Waals surface area contributed by atoms with Gasteiger partial charge in [-0.25, -0.2) is 4.39 Å². The van der Waals surface area contributed by atoms with Gasteiger partial charge in [0.15, 0.2) is 5.11 Å². The van der Waals surface area contributed by atoms with Gasteiger partial charge in [-0.1, -0.05) is 28.1 Å². The SMILES string of the molecule is Cc1ccc(N2C(=S)N[C@H](c3ccccn3)[C@@H]2c2ccc(-c3ccc(Br)cc3F)o2)cc1C. The Morgan fingerprint density at radius 3 is 2.61 bits per heavy atom. The fourth-order valence-corrected chi connectivity index (χ4v) is 4.82. The Bertz CT molecular complexity index is 1340. The highest BCUT2D eigenvalue weighted by Gasteiger charge is 2.42. The summed E-state index contributed by atoms with van der Waals surface area (Å²) in [5, 5.41) is 4.01. The summed E-state index contributed by atoms with van der Waals surface area (Å²) < 4.78 is 21.5. The number of rotatable bonds is 4. The molecule has 1 saturated heterocycles. The van der Waals surface area contributed by atoms with Crippen LogP contribution in [0.15, 0.2) is 81.8 Å². The van der Waals surface area contributed by atoms with Crippen LogP contribution in [-0.2, 0) is 0 Å². The fraction of sp³-hybridized carbons (Fsp3) is 0.154. The van der Waals surface area contributed by atoms with E-state index in [0.717, 1.165) is 11.4 Å². The zero-order valence-corrected chi connectivity index (χ0v) is 20.5. The molecule has 33 heavy (non-hydrogen) atoms. The van der Waals surface area contributed by atoms with Crippen molar-refractivity contribution in [2.24, 2.45) is 0 Å². The van der Waals surface area contributed by atoms with Gasteiger partial charge in [-0.2, -0.15) is 0 Å². The number of pyridine rings is 1. The molecule has 0 amide bonds. The van der Waals surface area contributed by atoms with E-state index in [2.05, 4.69) is 63.2 Å². The number of nitrogens with one attached hydrogen (secondary N) is 1. The lowest BCUT2D eigenvalue weighted by molar-refractivity contribution is 0.438. The predicted molar refractivity (Wildman–Crippen MR) is 136 cm³/mol. The maximum atomic E-state index is 14.6. The van der Waals surface area contributed by atoms with Gasteiger partial charge in [0.05, 0.1) is 17.3 Å². The summed E-state index contributed by atoms with van der Waals surface area (Å²) in [6, 6.07) is 20.2. The molecule has 4 aromatic rings. The maximum absolute atomic E-state index is 14.6. The third-order valence-electron chi connectivity index (χ3n) is 5.98. The normalized spacial score (nSPS) is 17.9. The Morgan fingerprint density at radius 2 is 1.88 bits per heavy atom. The quantitative estimate of drug-likeness (QED) is 0.291. The Morgan fingerprint density at radius 1 is 1.03 bits per heavy atom. The summed E-state index contributed by atoms with van der Waals surface area (Å²) in [5.41, 5.74) is 4.61. The first-order valence-electron chi connectivity index (χ1n) is 10.6. The number of benzene rings is 2. The summed E-state index contributed by atoms with van der Waals surface area (Å²) in [4.78, 5) is 6.62. The molecule has 1 aliphatic heterocycles. The zero-order chi connectivity index (χ0) is 23.1. The van der Waals surface area contributed by atoms with Gasteiger partial charge < -0.3 is 14.6 Å². The molecule has 5 rings (SSSR count). The van der Waals surface area contributed by atoms with Crippen LogP contribution in [0.4, 0.5) is 10.1 Å². The zero-order valence-electron chi connectivity index (χ0n) is 18.0. The van der Waals surface area contributed by atoms with Crippen LogP contribution in [0.1, 0.15) is 34.7 Å². The lowest BCUT2D eigenvalue weighted by Crippen LogP contribution is -2.29. The number of anilines is 1. The van der Waals surface area contributed by atoms with Crippen molar-refractivity contribution >= 4 is 38.9 Å². The number of thiocarbonyl (C=S) groups is 1. The Balaban J connectivity index is 1.61. The van der Waals surface area contributed by atoms with E-state index in [1.54, 1.807) is 24.4 Å². The molecule has 0 saturated carbocycles. The average Bonchev–Trinajstić information content (AvgIpc) is 3.41. The largest absolute Gasteiger partial charge is 0.459 e. The first kappa shape index (κ1) is 21.8.